The van der Waals surface area contributed by atoms with Crippen LogP contribution >= 0.6 is 0 Å². The van der Waals surface area contributed by atoms with E-state index < -0.39 is 17.7 Å². The molecule has 3 aromatic carbocycles. The summed E-state index contributed by atoms with van der Waals surface area (Å²) >= 11 is 0. The van der Waals surface area contributed by atoms with E-state index in [1.165, 1.54) is 0 Å². The van der Waals surface area contributed by atoms with Crippen molar-refractivity contribution in [2.24, 2.45) is 4.99 Å². The molecule has 4 aromatic rings. The van der Waals surface area contributed by atoms with Gasteiger partial charge in [-0.2, -0.15) is 0 Å². The van der Waals surface area contributed by atoms with Crippen LogP contribution in [0.4, 0.5) is 19.5 Å². The molecule has 0 saturated heterocycles. The lowest BCUT2D eigenvalue weighted by Gasteiger charge is -2.16. The second-order valence-electron chi connectivity index (χ2n) is 7.04. The lowest BCUT2D eigenvalue weighted by atomic mass is 9.92. The Balaban J connectivity index is 1.43. The molecule has 0 unspecified atom stereocenters. The molecule has 158 valence electrons. The zero-order valence-electron chi connectivity index (χ0n) is 16.4. The van der Waals surface area contributed by atoms with Gasteiger partial charge in [-0.1, -0.05) is 24.3 Å². The SMILES string of the molecule is O=C(Nc1nc2ccc(C3=NCC(=O)c4cc(F)c(F)cc43)cc2[nH]1)Oc1ccccc1. The third kappa shape index (κ3) is 3.60. The predicted molar refractivity (Wildman–Crippen MR) is 113 cm³/mol. The van der Waals surface area contributed by atoms with Gasteiger partial charge in [0.2, 0.25) is 5.95 Å². The Morgan fingerprint density at radius 2 is 1.75 bits per heavy atom. The van der Waals surface area contributed by atoms with Crippen LogP contribution in [0.3, 0.4) is 0 Å². The number of Topliss-reactive ketones (excluding diaryl/α,β-unsaturated/α-hetero) is 1. The first-order chi connectivity index (χ1) is 15.5. The number of benzene rings is 3. The third-order valence-electron chi connectivity index (χ3n) is 4.93. The van der Waals surface area contributed by atoms with E-state index in [-0.39, 0.29) is 29.4 Å². The maximum absolute atomic E-state index is 13.8. The number of amides is 1. The number of aromatic amines is 1. The lowest BCUT2D eigenvalue weighted by Crippen LogP contribution is -2.20. The third-order valence-corrected chi connectivity index (χ3v) is 4.93. The van der Waals surface area contributed by atoms with E-state index in [9.17, 15) is 18.4 Å². The van der Waals surface area contributed by atoms with Crippen LogP contribution in [0.2, 0.25) is 0 Å². The molecule has 2 heterocycles. The van der Waals surface area contributed by atoms with Crippen molar-refractivity contribution in [3.05, 3.63) is 89.0 Å². The Labute approximate surface area is 179 Å². The van der Waals surface area contributed by atoms with E-state index in [1.807, 2.05) is 0 Å². The number of ketones is 1. The number of H-pyrrole nitrogens is 1. The van der Waals surface area contributed by atoms with E-state index >= 15 is 0 Å². The molecule has 0 fully saturated rings. The number of hydrogen-bond donors (Lipinski definition) is 2. The average Bonchev–Trinajstić information content (AvgIpc) is 3.17. The van der Waals surface area contributed by atoms with Gasteiger partial charge in [0.25, 0.3) is 0 Å². The average molecular weight is 432 g/mol. The van der Waals surface area contributed by atoms with Crippen LogP contribution in [-0.4, -0.2) is 34.1 Å². The zero-order chi connectivity index (χ0) is 22.2. The smallest absolute Gasteiger partial charge is 0.410 e. The largest absolute Gasteiger partial charge is 0.419 e. The van der Waals surface area contributed by atoms with Gasteiger partial charge in [-0.25, -0.2) is 18.6 Å². The summed E-state index contributed by atoms with van der Waals surface area (Å²) in [4.78, 5) is 35.7. The van der Waals surface area contributed by atoms with Crippen LogP contribution in [0, 0.1) is 11.6 Å². The second-order valence-corrected chi connectivity index (χ2v) is 7.04. The number of ether oxygens (including phenoxy) is 1. The molecule has 1 amide bonds. The molecular weight excluding hydrogens is 418 g/mol. The normalized spacial score (nSPS) is 12.9. The topological polar surface area (TPSA) is 96.4 Å². The van der Waals surface area contributed by atoms with Crippen LogP contribution in [0.25, 0.3) is 11.0 Å². The lowest BCUT2D eigenvalue weighted by molar-refractivity contribution is 0.0999. The van der Waals surface area contributed by atoms with Crippen LogP contribution in [0.5, 0.6) is 5.75 Å². The van der Waals surface area contributed by atoms with Gasteiger partial charge in [-0.05, 0) is 36.4 Å². The Morgan fingerprint density at radius 3 is 2.53 bits per heavy atom. The molecule has 2 N–H and O–H groups in total. The number of fused-ring (bicyclic) bond motifs is 2. The van der Waals surface area contributed by atoms with Gasteiger partial charge in [0.05, 0.1) is 16.7 Å². The van der Waals surface area contributed by atoms with Crippen molar-refractivity contribution in [3.8, 4) is 5.75 Å². The van der Waals surface area contributed by atoms with E-state index in [4.69, 9.17) is 4.74 Å². The fourth-order valence-corrected chi connectivity index (χ4v) is 3.48. The summed E-state index contributed by atoms with van der Waals surface area (Å²) in [7, 11) is 0. The Morgan fingerprint density at radius 1 is 1.00 bits per heavy atom. The van der Waals surface area contributed by atoms with E-state index in [1.54, 1.807) is 48.5 Å². The molecular formula is C23H14F2N4O3. The van der Waals surface area contributed by atoms with Crippen molar-refractivity contribution < 1.29 is 23.1 Å². The number of carbonyl (C=O) groups excluding carboxylic acids is 2. The number of nitrogens with one attached hydrogen (secondary N) is 2. The summed E-state index contributed by atoms with van der Waals surface area (Å²) in [5, 5.41) is 2.52. The molecule has 9 heteroatoms. The minimum absolute atomic E-state index is 0.0876. The summed E-state index contributed by atoms with van der Waals surface area (Å²) < 4.78 is 32.7. The molecule has 32 heavy (non-hydrogen) atoms. The number of para-hydroxylation sites is 1. The second kappa shape index (κ2) is 7.69. The van der Waals surface area contributed by atoms with Gasteiger partial charge in [-0.15, -0.1) is 0 Å². The van der Waals surface area contributed by atoms with E-state index in [2.05, 4.69) is 20.3 Å². The number of rotatable bonds is 3. The van der Waals surface area contributed by atoms with Crippen molar-refractivity contribution >= 4 is 34.6 Å². The van der Waals surface area contributed by atoms with Crippen LogP contribution < -0.4 is 10.1 Å². The van der Waals surface area contributed by atoms with Crippen LogP contribution in [0.1, 0.15) is 21.5 Å². The summed E-state index contributed by atoms with van der Waals surface area (Å²) in [5.74, 6) is -1.96. The number of anilines is 1. The van der Waals surface area contributed by atoms with Gasteiger partial charge >= 0.3 is 6.09 Å². The van der Waals surface area contributed by atoms with Crippen LogP contribution in [-0.2, 0) is 0 Å². The van der Waals surface area contributed by atoms with Gasteiger partial charge in [0.1, 0.15) is 12.3 Å². The number of aliphatic imine (C=N–C) groups is 1. The highest BCUT2D eigenvalue weighted by Gasteiger charge is 2.24. The molecule has 0 bridgehead atoms. The fourth-order valence-electron chi connectivity index (χ4n) is 3.48. The van der Waals surface area contributed by atoms with Gasteiger partial charge in [0.15, 0.2) is 17.4 Å². The highest BCUT2D eigenvalue weighted by atomic mass is 19.2. The molecule has 0 atom stereocenters. The number of hydrogen-bond acceptors (Lipinski definition) is 5. The number of imidazole rings is 1. The quantitative estimate of drug-likeness (QED) is 0.499. The maximum atomic E-state index is 13.8. The zero-order valence-corrected chi connectivity index (χ0v) is 16.4. The first-order valence-corrected chi connectivity index (χ1v) is 9.59. The molecule has 0 spiro atoms. The first kappa shape index (κ1) is 19.6. The van der Waals surface area contributed by atoms with Gasteiger partial charge in [-0.3, -0.25) is 15.1 Å². The highest BCUT2D eigenvalue weighted by Crippen LogP contribution is 2.25. The highest BCUT2D eigenvalue weighted by molar-refractivity contribution is 6.22. The number of carbonyl (C=O) groups is 2. The van der Waals surface area contributed by atoms with Crippen LogP contribution in [0.15, 0.2) is 65.7 Å². The molecule has 1 aromatic heterocycles. The van der Waals surface area contributed by atoms with E-state index in [0.29, 0.717) is 28.1 Å². The van der Waals surface area contributed by atoms with Crippen molar-refractivity contribution in [1.29, 1.82) is 0 Å². The Kier molecular flexibility index (Phi) is 4.70. The number of nitrogens with zero attached hydrogens (tertiary/aromatic N) is 2. The summed E-state index contributed by atoms with van der Waals surface area (Å²) in [6, 6.07) is 15.5. The van der Waals surface area contributed by atoms with Crippen molar-refractivity contribution in [1.82, 2.24) is 9.97 Å². The molecule has 0 aliphatic carbocycles. The van der Waals surface area contributed by atoms with Crippen molar-refractivity contribution in [2.75, 3.05) is 11.9 Å². The molecule has 0 radical (unpaired) electrons. The van der Waals surface area contributed by atoms with Crippen molar-refractivity contribution in [2.45, 2.75) is 0 Å². The molecule has 5 rings (SSSR count). The monoisotopic (exact) mass is 432 g/mol. The maximum Gasteiger partial charge on any atom is 0.419 e. The summed E-state index contributed by atoms with van der Waals surface area (Å²) in [6.45, 7) is -0.160. The van der Waals surface area contributed by atoms with Gasteiger partial charge in [0, 0.05) is 16.7 Å². The molecule has 1 aliphatic heterocycles. The molecule has 1 aliphatic rings. The van der Waals surface area contributed by atoms with Crippen molar-refractivity contribution in [3.63, 3.8) is 0 Å². The van der Waals surface area contributed by atoms with Gasteiger partial charge < -0.3 is 9.72 Å². The summed E-state index contributed by atoms with van der Waals surface area (Å²) in [6.07, 6.45) is -0.711. The molecule has 0 saturated carbocycles. The Hall–Kier alpha value is -4.40. The molecule has 7 nitrogen and oxygen atoms in total. The predicted octanol–water partition coefficient (Wildman–Crippen LogP) is 4.49. The minimum Gasteiger partial charge on any atom is -0.410 e. The minimum atomic E-state index is -1.08. The Bertz CT molecular complexity index is 1410. The standard InChI is InChI=1S/C23H14F2N4O3/c24-16-9-14-15(10-17(16)25)21(26-11-20(14)30)12-6-7-18-19(8-12)28-22(27-18)29-23(31)32-13-4-2-1-3-5-13/h1-10H,11H2,(H2,27,28,29,31). The van der Waals surface area contributed by atoms with E-state index in [0.717, 1.165) is 12.1 Å². The number of aromatic nitrogens is 2. The fraction of sp³-hybridized carbons (Fsp3) is 0.0435. The first-order valence-electron chi connectivity index (χ1n) is 9.59. The number of halogens is 2. The summed E-state index contributed by atoms with van der Waals surface area (Å²) in [5.41, 5.74) is 2.39.